The molecule has 1 aromatic carbocycles. The van der Waals surface area contributed by atoms with Gasteiger partial charge in [0.05, 0.1) is 6.54 Å². The highest BCUT2D eigenvalue weighted by Gasteiger charge is 2.26. The Balaban J connectivity index is 1.50. The van der Waals surface area contributed by atoms with Crippen LogP contribution in [0.2, 0.25) is 0 Å². The number of nitrogens with zero attached hydrogens (tertiary/aromatic N) is 3. The van der Waals surface area contributed by atoms with Crippen LogP contribution in [0.1, 0.15) is 29.5 Å². The molecular weight excluding hydrogens is 294 g/mol. The Morgan fingerprint density at radius 1 is 1.32 bits per heavy atom. The van der Waals surface area contributed by atoms with Crippen LogP contribution in [0.3, 0.4) is 0 Å². The molecule has 4 rings (SSSR count). The van der Waals surface area contributed by atoms with Gasteiger partial charge in [0.2, 0.25) is 11.7 Å². The lowest BCUT2D eigenvalue weighted by Crippen LogP contribution is -2.22. The molecule has 1 atom stereocenters. The second kappa shape index (κ2) is 5.66. The summed E-state index contributed by atoms with van der Waals surface area (Å²) < 4.78 is 5.41. The van der Waals surface area contributed by atoms with Gasteiger partial charge in [-0.25, -0.2) is 0 Å². The predicted molar refractivity (Wildman–Crippen MR) is 86.6 cm³/mol. The third-order valence-corrected chi connectivity index (χ3v) is 4.95. The second-order valence-electron chi connectivity index (χ2n) is 5.69. The first kappa shape index (κ1) is 13.7. The van der Waals surface area contributed by atoms with Crippen LogP contribution in [-0.2, 0) is 13.0 Å². The lowest BCUT2D eigenvalue weighted by molar-refractivity contribution is 0.204. The molecule has 0 saturated heterocycles. The number of rotatable bonds is 4. The summed E-state index contributed by atoms with van der Waals surface area (Å²) in [5.41, 5.74) is 3.92. The lowest BCUT2D eigenvalue weighted by atomic mass is 10.1. The highest BCUT2D eigenvalue weighted by Crippen LogP contribution is 2.35. The summed E-state index contributed by atoms with van der Waals surface area (Å²) in [7, 11) is 2.13. The number of aromatic nitrogens is 2. The highest BCUT2D eigenvalue weighted by molar-refractivity contribution is 7.08. The van der Waals surface area contributed by atoms with Gasteiger partial charge in [0, 0.05) is 17.0 Å². The van der Waals surface area contributed by atoms with Crippen molar-refractivity contribution in [2.75, 3.05) is 7.05 Å². The van der Waals surface area contributed by atoms with Gasteiger partial charge in [-0.2, -0.15) is 16.3 Å². The van der Waals surface area contributed by atoms with Crippen LogP contribution in [0.15, 0.2) is 45.6 Å². The van der Waals surface area contributed by atoms with E-state index in [2.05, 4.69) is 46.4 Å². The minimum Gasteiger partial charge on any atom is -0.338 e. The monoisotopic (exact) mass is 311 g/mol. The fourth-order valence-electron chi connectivity index (χ4n) is 3.14. The zero-order valence-corrected chi connectivity index (χ0v) is 13.2. The second-order valence-corrected chi connectivity index (χ2v) is 6.47. The summed E-state index contributed by atoms with van der Waals surface area (Å²) in [4.78, 5) is 6.81. The van der Waals surface area contributed by atoms with Crippen LogP contribution < -0.4 is 0 Å². The average molecular weight is 311 g/mol. The molecule has 0 aliphatic heterocycles. The van der Waals surface area contributed by atoms with Gasteiger partial charge in [0.15, 0.2) is 0 Å². The van der Waals surface area contributed by atoms with Crippen molar-refractivity contribution in [2.45, 2.75) is 25.4 Å². The molecule has 1 aliphatic rings. The number of benzene rings is 1. The Kier molecular flexibility index (Phi) is 3.52. The van der Waals surface area contributed by atoms with E-state index in [0.717, 1.165) is 18.4 Å². The van der Waals surface area contributed by atoms with Crippen molar-refractivity contribution < 1.29 is 4.52 Å². The topological polar surface area (TPSA) is 42.2 Å². The molecule has 112 valence electrons. The zero-order chi connectivity index (χ0) is 14.9. The molecule has 1 aliphatic carbocycles. The third kappa shape index (κ3) is 2.46. The van der Waals surface area contributed by atoms with E-state index in [9.17, 15) is 0 Å². The molecule has 0 fully saturated rings. The minimum absolute atomic E-state index is 0.438. The van der Waals surface area contributed by atoms with E-state index in [1.165, 1.54) is 11.1 Å². The van der Waals surface area contributed by atoms with E-state index in [1.54, 1.807) is 11.3 Å². The molecule has 1 unspecified atom stereocenters. The van der Waals surface area contributed by atoms with Crippen molar-refractivity contribution in [3.05, 3.63) is 58.1 Å². The van der Waals surface area contributed by atoms with Gasteiger partial charge in [0.25, 0.3) is 0 Å². The fourth-order valence-corrected chi connectivity index (χ4v) is 3.78. The third-order valence-electron chi connectivity index (χ3n) is 4.27. The summed E-state index contributed by atoms with van der Waals surface area (Å²) in [5, 5.41) is 8.13. The number of hydrogen-bond donors (Lipinski definition) is 0. The summed E-state index contributed by atoms with van der Waals surface area (Å²) in [5.74, 6) is 1.35. The van der Waals surface area contributed by atoms with E-state index >= 15 is 0 Å². The maximum atomic E-state index is 5.41. The summed E-state index contributed by atoms with van der Waals surface area (Å²) in [6.07, 6.45) is 2.30. The Labute approximate surface area is 133 Å². The molecule has 3 aromatic rings. The summed E-state index contributed by atoms with van der Waals surface area (Å²) >= 11 is 1.64. The van der Waals surface area contributed by atoms with Crippen molar-refractivity contribution in [1.29, 1.82) is 0 Å². The molecule has 0 N–H and O–H groups in total. The lowest BCUT2D eigenvalue weighted by Gasteiger charge is -2.23. The van der Waals surface area contributed by atoms with Gasteiger partial charge >= 0.3 is 0 Å². The number of hydrogen-bond acceptors (Lipinski definition) is 5. The molecule has 4 nitrogen and oxygen atoms in total. The van der Waals surface area contributed by atoms with E-state index in [-0.39, 0.29) is 0 Å². The average Bonchev–Trinajstić information content (AvgIpc) is 3.27. The van der Waals surface area contributed by atoms with Crippen LogP contribution >= 0.6 is 11.3 Å². The van der Waals surface area contributed by atoms with Gasteiger partial charge in [-0.05, 0) is 42.5 Å². The van der Waals surface area contributed by atoms with Gasteiger partial charge in [-0.15, -0.1) is 0 Å². The predicted octanol–water partition coefficient (Wildman–Crippen LogP) is 3.92. The highest BCUT2D eigenvalue weighted by atomic mass is 32.1. The van der Waals surface area contributed by atoms with Crippen molar-refractivity contribution in [3.63, 3.8) is 0 Å². The number of thiophene rings is 1. The fraction of sp³-hybridized carbons (Fsp3) is 0.294. The number of aryl methyl sites for hydroxylation is 1. The van der Waals surface area contributed by atoms with Crippen LogP contribution in [0.5, 0.6) is 0 Å². The van der Waals surface area contributed by atoms with E-state index in [0.29, 0.717) is 24.3 Å². The maximum Gasteiger partial charge on any atom is 0.241 e. The van der Waals surface area contributed by atoms with E-state index < -0.39 is 0 Å². The quantitative estimate of drug-likeness (QED) is 0.732. The van der Waals surface area contributed by atoms with E-state index in [1.807, 2.05) is 16.8 Å². The molecule has 0 saturated carbocycles. The molecule has 2 heterocycles. The van der Waals surface area contributed by atoms with Gasteiger partial charge in [0.1, 0.15) is 0 Å². The van der Waals surface area contributed by atoms with Gasteiger partial charge in [-0.1, -0.05) is 29.4 Å². The molecule has 2 aromatic heterocycles. The van der Waals surface area contributed by atoms with Crippen LogP contribution in [0.4, 0.5) is 0 Å². The van der Waals surface area contributed by atoms with Gasteiger partial charge in [-0.3, -0.25) is 4.90 Å². The Bertz CT molecular complexity index is 766. The summed E-state index contributed by atoms with van der Waals surface area (Å²) in [6, 6.07) is 11.1. The molecule has 0 amide bonds. The largest absolute Gasteiger partial charge is 0.338 e. The molecule has 0 spiro atoms. The molecular formula is C17H17N3OS. The molecule has 22 heavy (non-hydrogen) atoms. The van der Waals surface area contributed by atoms with Gasteiger partial charge < -0.3 is 4.52 Å². The Hall–Kier alpha value is -1.98. The minimum atomic E-state index is 0.438. The Morgan fingerprint density at radius 2 is 2.23 bits per heavy atom. The number of fused-ring (bicyclic) bond motifs is 1. The molecule has 0 bridgehead atoms. The van der Waals surface area contributed by atoms with Crippen LogP contribution in [0.25, 0.3) is 11.4 Å². The first-order valence-corrected chi connectivity index (χ1v) is 8.39. The first-order chi connectivity index (χ1) is 10.8. The normalized spacial score (nSPS) is 17.1. The van der Waals surface area contributed by atoms with Crippen molar-refractivity contribution >= 4 is 11.3 Å². The van der Waals surface area contributed by atoms with Crippen molar-refractivity contribution in [1.82, 2.24) is 15.0 Å². The zero-order valence-electron chi connectivity index (χ0n) is 12.4. The SMILES string of the molecule is CN(Cc1nc(-c2ccsc2)no1)C1CCc2ccccc21. The standard InChI is InChI=1S/C17H17N3OS/c1-20(15-7-6-12-4-2-3-5-14(12)15)10-16-18-17(19-21-16)13-8-9-22-11-13/h2-5,8-9,11,15H,6-7,10H2,1H3. The van der Waals surface area contributed by atoms with Crippen molar-refractivity contribution in [3.8, 4) is 11.4 Å². The Morgan fingerprint density at radius 3 is 3.09 bits per heavy atom. The molecule has 0 radical (unpaired) electrons. The first-order valence-electron chi connectivity index (χ1n) is 7.44. The molecule has 5 heteroatoms. The smallest absolute Gasteiger partial charge is 0.241 e. The maximum absolute atomic E-state index is 5.41. The van der Waals surface area contributed by atoms with E-state index in [4.69, 9.17) is 4.52 Å². The van der Waals surface area contributed by atoms with Crippen LogP contribution in [0, 0.1) is 0 Å². The van der Waals surface area contributed by atoms with Crippen LogP contribution in [-0.4, -0.2) is 22.1 Å². The van der Waals surface area contributed by atoms with Crippen molar-refractivity contribution in [2.24, 2.45) is 0 Å². The summed E-state index contributed by atoms with van der Waals surface area (Å²) in [6.45, 7) is 0.677.